The molecular formula is C17H19ClN2O2. The molecule has 1 aromatic carbocycles. The van der Waals surface area contributed by atoms with E-state index in [-0.39, 0.29) is 18.0 Å². The maximum Gasteiger partial charge on any atom is 0.255 e. The highest BCUT2D eigenvalue weighted by Crippen LogP contribution is 2.31. The molecule has 4 nitrogen and oxygen atoms in total. The van der Waals surface area contributed by atoms with Crippen LogP contribution in [0.3, 0.4) is 0 Å². The third kappa shape index (κ3) is 2.89. The van der Waals surface area contributed by atoms with Crippen molar-refractivity contribution in [1.29, 1.82) is 0 Å². The van der Waals surface area contributed by atoms with Crippen molar-refractivity contribution in [2.75, 3.05) is 13.6 Å². The van der Waals surface area contributed by atoms with Crippen molar-refractivity contribution in [3.05, 3.63) is 58.5 Å². The molecule has 2 atom stereocenters. The zero-order valence-electron chi connectivity index (χ0n) is 12.7. The Morgan fingerprint density at radius 2 is 2.05 bits per heavy atom. The maximum absolute atomic E-state index is 12.4. The molecule has 0 unspecified atom stereocenters. The minimum Gasteiger partial charge on any atom is -0.469 e. The zero-order valence-corrected chi connectivity index (χ0v) is 13.4. The van der Waals surface area contributed by atoms with E-state index in [1.165, 1.54) is 5.56 Å². The lowest BCUT2D eigenvalue weighted by Crippen LogP contribution is -2.39. The number of halogens is 1. The van der Waals surface area contributed by atoms with E-state index in [1.807, 2.05) is 24.3 Å². The minimum absolute atomic E-state index is 0.0768. The summed E-state index contributed by atoms with van der Waals surface area (Å²) in [6.45, 7) is 2.75. The second-order valence-electron chi connectivity index (χ2n) is 5.74. The van der Waals surface area contributed by atoms with E-state index >= 15 is 0 Å². The number of nitrogens with zero attached hydrogens (tertiary/aromatic N) is 1. The molecule has 0 radical (unpaired) electrons. The summed E-state index contributed by atoms with van der Waals surface area (Å²) in [6.07, 6.45) is 2.47. The first-order valence-corrected chi connectivity index (χ1v) is 7.74. The third-order valence-electron chi connectivity index (χ3n) is 4.28. The average Bonchev–Trinajstić information content (AvgIpc) is 3.07. The topological polar surface area (TPSA) is 45.5 Å². The molecular weight excluding hydrogens is 300 g/mol. The fourth-order valence-electron chi connectivity index (χ4n) is 3.11. The molecule has 5 heteroatoms. The van der Waals surface area contributed by atoms with Gasteiger partial charge in [0.1, 0.15) is 5.76 Å². The number of carbonyl (C=O) groups is 1. The molecule has 1 aliphatic rings. The molecule has 0 aliphatic carbocycles. The molecule has 116 valence electrons. The summed E-state index contributed by atoms with van der Waals surface area (Å²) in [6, 6.07) is 9.78. The summed E-state index contributed by atoms with van der Waals surface area (Å²) in [7, 11) is 2.08. The molecule has 1 aliphatic heterocycles. The van der Waals surface area contributed by atoms with Crippen molar-refractivity contribution in [1.82, 2.24) is 10.2 Å². The second kappa shape index (κ2) is 6.15. The van der Waals surface area contributed by atoms with Crippen LogP contribution in [0.4, 0.5) is 0 Å². The predicted molar refractivity (Wildman–Crippen MR) is 86.1 cm³/mol. The van der Waals surface area contributed by atoms with Crippen molar-refractivity contribution >= 4 is 17.5 Å². The normalized spacial score (nSPS) is 22.0. The Bertz CT molecular complexity index is 666. The molecule has 3 rings (SSSR count). The van der Waals surface area contributed by atoms with Crippen molar-refractivity contribution in [3.8, 4) is 0 Å². The molecule has 1 saturated heterocycles. The summed E-state index contributed by atoms with van der Waals surface area (Å²) < 4.78 is 5.21. The van der Waals surface area contributed by atoms with Crippen LogP contribution in [0.25, 0.3) is 0 Å². The summed E-state index contributed by atoms with van der Waals surface area (Å²) in [5.41, 5.74) is 1.77. The number of likely N-dealkylation sites (N-methyl/N-ethyl adjacent to an activating group) is 1. The predicted octanol–water partition coefficient (Wildman–Crippen LogP) is 3.42. The number of nitrogens with one attached hydrogen (secondary N) is 1. The Morgan fingerprint density at radius 3 is 2.68 bits per heavy atom. The molecule has 0 spiro atoms. The van der Waals surface area contributed by atoms with Gasteiger partial charge >= 0.3 is 0 Å². The minimum atomic E-state index is -0.0782. The van der Waals surface area contributed by atoms with Crippen LogP contribution in [0.1, 0.15) is 34.1 Å². The van der Waals surface area contributed by atoms with E-state index in [4.69, 9.17) is 16.0 Å². The van der Waals surface area contributed by atoms with E-state index in [0.717, 1.165) is 18.0 Å². The quantitative estimate of drug-likeness (QED) is 0.943. The molecule has 1 amide bonds. The Balaban J connectivity index is 1.79. The number of aryl methyl sites for hydroxylation is 1. The van der Waals surface area contributed by atoms with Gasteiger partial charge < -0.3 is 9.73 Å². The summed E-state index contributed by atoms with van der Waals surface area (Å²) in [4.78, 5) is 14.7. The van der Waals surface area contributed by atoms with Crippen LogP contribution >= 0.6 is 11.6 Å². The van der Waals surface area contributed by atoms with E-state index in [0.29, 0.717) is 11.3 Å². The number of benzene rings is 1. The summed E-state index contributed by atoms with van der Waals surface area (Å²) in [5.74, 6) is 0.567. The molecule has 1 fully saturated rings. The van der Waals surface area contributed by atoms with Gasteiger partial charge in [0.05, 0.1) is 23.9 Å². The lowest BCUT2D eigenvalue weighted by Gasteiger charge is -2.26. The fourth-order valence-corrected chi connectivity index (χ4v) is 3.24. The van der Waals surface area contributed by atoms with Crippen molar-refractivity contribution in [2.24, 2.45) is 0 Å². The highest BCUT2D eigenvalue weighted by Gasteiger charge is 2.34. The van der Waals surface area contributed by atoms with Gasteiger partial charge in [0.2, 0.25) is 0 Å². The molecule has 22 heavy (non-hydrogen) atoms. The van der Waals surface area contributed by atoms with Crippen LogP contribution in [0.5, 0.6) is 0 Å². The van der Waals surface area contributed by atoms with Gasteiger partial charge in [0, 0.05) is 11.6 Å². The SMILES string of the molecule is Cc1occc1C(=O)N[C@H]1CCN(C)[C@H]1c1ccc(Cl)cc1. The first-order chi connectivity index (χ1) is 10.6. The maximum atomic E-state index is 12.4. The Labute approximate surface area is 135 Å². The smallest absolute Gasteiger partial charge is 0.255 e. The van der Waals surface area contributed by atoms with E-state index < -0.39 is 0 Å². The molecule has 0 bridgehead atoms. The number of hydrogen-bond acceptors (Lipinski definition) is 3. The van der Waals surface area contributed by atoms with E-state index in [9.17, 15) is 4.79 Å². The molecule has 2 aromatic rings. The number of carbonyl (C=O) groups excluding carboxylic acids is 1. The van der Waals surface area contributed by atoms with Gasteiger partial charge in [0.25, 0.3) is 5.91 Å². The van der Waals surface area contributed by atoms with Crippen LogP contribution in [-0.4, -0.2) is 30.4 Å². The monoisotopic (exact) mass is 318 g/mol. The Morgan fingerprint density at radius 1 is 1.32 bits per heavy atom. The molecule has 2 heterocycles. The van der Waals surface area contributed by atoms with E-state index in [1.54, 1.807) is 19.3 Å². The fraction of sp³-hybridized carbons (Fsp3) is 0.353. The largest absolute Gasteiger partial charge is 0.469 e. The standard InChI is InChI=1S/C17H19ClN2O2/c1-11-14(8-10-22-11)17(21)19-15-7-9-20(2)16(15)12-3-5-13(18)6-4-12/h3-6,8,10,15-16H,7,9H2,1-2H3,(H,19,21)/t15-,16-/m0/s1. The zero-order chi connectivity index (χ0) is 15.7. The van der Waals surface area contributed by atoms with Gasteiger partial charge in [-0.1, -0.05) is 23.7 Å². The van der Waals surface area contributed by atoms with Crippen molar-refractivity contribution < 1.29 is 9.21 Å². The summed E-state index contributed by atoms with van der Waals surface area (Å²) in [5, 5.41) is 3.86. The molecule has 0 saturated carbocycles. The highest BCUT2D eigenvalue weighted by molar-refractivity contribution is 6.30. The van der Waals surface area contributed by atoms with Crippen LogP contribution in [0, 0.1) is 6.92 Å². The van der Waals surface area contributed by atoms with Crippen molar-refractivity contribution in [2.45, 2.75) is 25.4 Å². The third-order valence-corrected chi connectivity index (χ3v) is 4.53. The first-order valence-electron chi connectivity index (χ1n) is 7.37. The number of hydrogen-bond donors (Lipinski definition) is 1. The lowest BCUT2D eigenvalue weighted by molar-refractivity contribution is 0.0926. The average molecular weight is 319 g/mol. The summed E-state index contributed by atoms with van der Waals surface area (Å²) >= 11 is 5.97. The first kappa shape index (κ1) is 15.1. The van der Waals surface area contributed by atoms with E-state index in [2.05, 4.69) is 17.3 Å². The van der Waals surface area contributed by atoms with Gasteiger partial charge in [-0.3, -0.25) is 9.69 Å². The Kier molecular flexibility index (Phi) is 4.23. The van der Waals surface area contributed by atoms with Crippen LogP contribution in [0.2, 0.25) is 5.02 Å². The van der Waals surface area contributed by atoms with Crippen molar-refractivity contribution in [3.63, 3.8) is 0 Å². The Hall–Kier alpha value is -1.78. The lowest BCUT2D eigenvalue weighted by atomic mass is 10.00. The van der Waals surface area contributed by atoms with Gasteiger partial charge in [0.15, 0.2) is 0 Å². The van der Waals surface area contributed by atoms with Crippen LogP contribution in [-0.2, 0) is 0 Å². The molecule has 1 N–H and O–H groups in total. The number of likely N-dealkylation sites (tertiary alicyclic amines) is 1. The van der Waals surface area contributed by atoms with Gasteiger partial charge in [-0.05, 0) is 44.2 Å². The number of furan rings is 1. The van der Waals surface area contributed by atoms with Crippen LogP contribution < -0.4 is 5.32 Å². The number of amides is 1. The second-order valence-corrected chi connectivity index (χ2v) is 6.17. The van der Waals surface area contributed by atoms with Gasteiger partial charge in [-0.2, -0.15) is 0 Å². The molecule has 1 aromatic heterocycles. The van der Waals surface area contributed by atoms with Gasteiger partial charge in [-0.25, -0.2) is 0 Å². The van der Waals surface area contributed by atoms with Gasteiger partial charge in [-0.15, -0.1) is 0 Å². The van der Waals surface area contributed by atoms with Crippen LogP contribution in [0.15, 0.2) is 41.0 Å². The highest BCUT2D eigenvalue weighted by atomic mass is 35.5. The number of rotatable bonds is 3.